The fourth-order valence-corrected chi connectivity index (χ4v) is 7.24. The highest BCUT2D eigenvalue weighted by molar-refractivity contribution is 6.34. The van der Waals surface area contributed by atoms with E-state index in [1.807, 2.05) is 48.5 Å². The van der Waals surface area contributed by atoms with Gasteiger partial charge in [0.25, 0.3) is 0 Å². The first-order chi connectivity index (χ1) is 21.3. The second-order valence-corrected chi connectivity index (χ2v) is 11.4. The largest absolute Gasteiger partial charge is 0.456 e. The highest BCUT2D eigenvalue weighted by Crippen LogP contribution is 2.46. The number of furan rings is 2. The number of rotatable bonds is 1. The topological polar surface area (TPSA) is 56.5 Å². The van der Waals surface area contributed by atoms with Crippen molar-refractivity contribution in [3.8, 4) is 11.1 Å². The molecule has 5 heteroatoms. The summed E-state index contributed by atoms with van der Waals surface area (Å²) in [6.45, 7) is 0. The van der Waals surface area contributed by atoms with Crippen LogP contribution in [0.1, 0.15) is 0 Å². The molecule has 0 fully saturated rings. The van der Waals surface area contributed by atoms with Crippen molar-refractivity contribution in [2.45, 2.75) is 0 Å². The minimum Gasteiger partial charge on any atom is -0.456 e. The monoisotopic (exact) mass is 549 g/mol. The van der Waals surface area contributed by atoms with E-state index in [1.54, 1.807) is 0 Å². The Morgan fingerprint density at radius 3 is 2.02 bits per heavy atom. The van der Waals surface area contributed by atoms with Gasteiger partial charge in [-0.1, -0.05) is 60.7 Å². The maximum absolute atomic E-state index is 6.47. The third-order valence-electron chi connectivity index (χ3n) is 9.10. The third-order valence-corrected chi connectivity index (χ3v) is 9.10. The van der Waals surface area contributed by atoms with Crippen molar-refractivity contribution in [1.29, 1.82) is 0 Å². The van der Waals surface area contributed by atoms with Gasteiger partial charge in [0.05, 0.1) is 22.1 Å². The molecular formula is C38H19N3O2. The summed E-state index contributed by atoms with van der Waals surface area (Å²) in [5.41, 5.74) is 11.5. The molecule has 0 unspecified atom stereocenters. The first-order valence-electron chi connectivity index (χ1n) is 14.4. The van der Waals surface area contributed by atoms with Gasteiger partial charge in [-0.05, 0) is 65.7 Å². The lowest BCUT2D eigenvalue weighted by Crippen LogP contribution is -1.89. The second-order valence-electron chi connectivity index (χ2n) is 11.4. The quantitative estimate of drug-likeness (QED) is 0.204. The van der Waals surface area contributed by atoms with Gasteiger partial charge < -0.3 is 8.83 Å². The molecule has 0 aliphatic heterocycles. The number of hydrogen-bond donors (Lipinski definition) is 0. The fourth-order valence-electron chi connectivity index (χ4n) is 7.24. The summed E-state index contributed by atoms with van der Waals surface area (Å²) in [6.07, 6.45) is 0. The average Bonchev–Trinajstić information content (AvgIpc) is 3.78. The van der Waals surface area contributed by atoms with Crippen molar-refractivity contribution in [2.24, 2.45) is 0 Å². The number of hydrogen-bond acceptors (Lipinski definition) is 4. The van der Waals surface area contributed by atoms with Crippen LogP contribution in [0.5, 0.6) is 0 Å². The molecule has 0 saturated heterocycles. The average molecular weight is 550 g/mol. The van der Waals surface area contributed by atoms with Crippen LogP contribution in [0.25, 0.3) is 104 Å². The maximum atomic E-state index is 6.47. The summed E-state index contributed by atoms with van der Waals surface area (Å²) in [5, 5.41) is 7.89. The van der Waals surface area contributed by atoms with Crippen LogP contribution in [0.2, 0.25) is 0 Å². The zero-order valence-electron chi connectivity index (χ0n) is 22.6. The minimum atomic E-state index is 0.861. The first-order valence-corrected chi connectivity index (χ1v) is 14.4. The Labute approximate surface area is 242 Å². The van der Waals surface area contributed by atoms with Crippen molar-refractivity contribution < 1.29 is 8.83 Å². The summed E-state index contributed by atoms with van der Waals surface area (Å²) in [7, 11) is 0. The first kappa shape index (κ1) is 21.8. The molecule has 5 nitrogen and oxygen atoms in total. The van der Waals surface area contributed by atoms with E-state index < -0.39 is 0 Å². The lowest BCUT2D eigenvalue weighted by molar-refractivity contribution is 0.669. The minimum absolute atomic E-state index is 0.861. The molecule has 11 aromatic rings. The van der Waals surface area contributed by atoms with Crippen molar-refractivity contribution in [3.63, 3.8) is 0 Å². The number of benzene rings is 6. The predicted molar refractivity (Wildman–Crippen MR) is 174 cm³/mol. The molecule has 0 aliphatic carbocycles. The van der Waals surface area contributed by atoms with E-state index in [4.69, 9.17) is 18.8 Å². The van der Waals surface area contributed by atoms with E-state index in [0.717, 1.165) is 99.0 Å². The Bertz CT molecular complexity index is 2960. The number of fused-ring (bicyclic) bond motifs is 14. The lowest BCUT2D eigenvalue weighted by atomic mass is 9.99. The molecule has 198 valence electrons. The van der Waals surface area contributed by atoms with Crippen LogP contribution in [-0.4, -0.2) is 14.4 Å². The Hall–Kier alpha value is -5.94. The zero-order valence-corrected chi connectivity index (χ0v) is 22.6. The third kappa shape index (κ3) is 2.67. The van der Waals surface area contributed by atoms with Crippen LogP contribution in [0.3, 0.4) is 0 Å². The van der Waals surface area contributed by atoms with Gasteiger partial charge in [-0.25, -0.2) is 9.97 Å². The van der Waals surface area contributed by atoms with Crippen LogP contribution >= 0.6 is 0 Å². The summed E-state index contributed by atoms with van der Waals surface area (Å²) in [4.78, 5) is 10.3. The van der Waals surface area contributed by atoms with E-state index >= 15 is 0 Å². The van der Waals surface area contributed by atoms with Crippen LogP contribution < -0.4 is 0 Å². The van der Waals surface area contributed by atoms with Crippen molar-refractivity contribution >= 4 is 93.3 Å². The van der Waals surface area contributed by atoms with Gasteiger partial charge in [-0.2, -0.15) is 0 Å². The standard InChI is InChI=1S/C38H19N3O2/c1-5-11-30-22(7-1)23-15-13-21(18-32(23)42-30)20-14-16-29-25(17-20)35-34-24-8-2-6-12-31(24)43-33(34)19-26-36-38(41(29)37(26)35)40-28-10-4-3-9-27(28)39-36/h1-19H. The van der Waals surface area contributed by atoms with E-state index in [2.05, 4.69) is 71.1 Å². The van der Waals surface area contributed by atoms with Gasteiger partial charge in [0, 0.05) is 37.7 Å². The van der Waals surface area contributed by atoms with Crippen LogP contribution in [0.15, 0.2) is 124 Å². The number of nitrogens with zero attached hydrogens (tertiary/aromatic N) is 3. The molecule has 5 heterocycles. The van der Waals surface area contributed by atoms with Crippen LogP contribution in [-0.2, 0) is 0 Å². The molecule has 5 aromatic heterocycles. The fraction of sp³-hybridized carbons (Fsp3) is 0. The molecule has 11 rings (SSSR count). The van der Waals surface area contributed by atoms with Gasteiger partial charge in [0.1, 0.15) is 27.8 Å². The van der Waals surface area contributed by atoms with Crippen molar-refractivity contribution in [2.75, 3.05) is 0 Å². The van der Waals surface area contributed by atoms with Gasteiger partial charge in [0.2, 0.25) is 0 Å². The summed E-state index contributed by atoms with van der Waals surface area (Å²) < 4.78 is 15.0. The SMILES string of the molecule is c1ccc2nc3c(nc2c1)c1cc2oc4ccccc4c2c2c4cc(-c5ccc6c(c5)oc5ccccc56)ccc4n3c12. The summed E-state index contributed by atoms with van der Waals surface area (Å²) in [5.74, 6) is 0. The van der Waals surface area contributed by atoms with Gasteiger partial charge in [-0.3, -0.25) is 4.40 Å². The molecule has 0 saturated carbocycles. The maximum Gasteiger partial charge on any atom is 0.165 e. The Morgan fingerprint density at radius 2 is 1.14 bits per heavy atom. The number of para-hydroxylation sites is 4. The Balaban J connectivity index is 1.30. The van der Waals surface area contributed by atoms with Crippen molar-refractivity contribution in [1.82, 2.24) is 14.4 Å². The molecular weight excluding hydrogens is 530 g/mol. The number of aromatic nitrogens is 3. The smallest absolute Gasteiger partial charge is 0.165 e. The van der Waals surface area contributed by atoms with E-state index in [0.29, 0.717) is 0 Å². The Kier molecular flexibility index (Phi) is 3.78. The summed E-state index contributed by atoms with van der Waals surface area (Å²) >= 11 is 0. The highest BCUT2D eigenvalue weighted by atomic mass is 16.3. The highest BCUT2D eigenvalue weighted by Gasteiger charge is 2.25. The van der Waals surface area contributed by atoms with E-state index in [9.17, 15) is 0 Å². The molecule has 0 radical (unpaired) electrons. The molecule has 6 aromatic carbocycles. The lowest BCUT2D eigenvalue weighted by Gasteiger charge is -2.04. The predicted octanol–water partition coefficient (Wildman–Crippen LogP) is 10.2. The molecule has 0 atom stereocenters. The normalized spacial score (nSPS) is 12.7. The van der Waals surface area contributed by atoms with Crippen LogP contribution in [0.4, 0.5) is 0 Å². The van der Waals surface area contributed by atoms with E-state index in [1.165, 1.54) is 5.39 Å². The Morgan fingerprint density at radius 1 is 0.465 bits per heavy atom. The summed E-state index contributed by atoms with van der Waals surface area (Å²) in [6, 6.07) is 40.0. The molecule has 0 spiro atoms. The van der Waals surface area contributed by atoms with Gasteiger partial charge in [-0.15, -0.1) is 0 Å². The van der Waals surface area contributed by atoms with E-state index in [-0.39, 0.29) is 0 Å². The molecule has 43 heavy (non-hydrogen) atoms. The second kappa shape index (κ2) is 7.46. The molecule has 0 amide bonds. The van der Waals surface area contributed by atoms with Gasteiger partial charge >= 0.3 is 0 Å². The molecule has 0 N–H and O–H groups in total. The van der Waals surface area contributed by atoms with Gasteiger partial charge in [0.15, 0.2) is 5.65 Å². The molecule has 0 bridgehead atoms. The molecule has 0 aliphatic rings. The van der Waals surface area contributed by atoms with Crippen molar-refractivity contribution in [3.05, 3.63) is 115 Å². The zero-order chi connectivity index (χ0) is 27.8. The van der Waals surface area contributed by atoms with Crippen LogP contribution in [0, 0.1) is 0 Å².